The minimum atomic E-state index is -4.07. The topological polar surface area (TPSA) is 3.24 Å². The van der Waals surface area contributed by atoms with Crippen molar-refractivity contribution in [1.82, 2.24) is 4.90 Å². The summed E-state index contributed by atoms with van der Waals surface area (Å²) < 4.78 is 43.0. The standard InChI is InChI=1S/C49H88F3N/c1-8-38(7)47(26-15-20-39-18-13-14-19-39)48(40(9-2)34-37(5)6)27-17-24-44(31-28-36(3)4)53(46-25-16-23-43(35-46)49(50,51)52)45-32-29-42(30-33-45)41-21-11-10-12-22-41/h9,36-48H,2,8,10-35H2,1,3-7H3. The highest BCUT2D eigenvalue weighted by Gasteiger charge is 2.46. The maximum Gasteiger partial charge on any atom is 0.391 e. The average molecular weight is 748 g/mol. The molecule has 0 bridgehead atoms. The monoisotopic (exact) mass is 748 g/mol. The van der Waals surface area contributed by atoms with Gasteiger partial charge in [0.2, 0.25) is 0 Å². The smallest absolute Gasteiger partial charge is 0.294 e. The number of hydrogen-bond acceptors (Lipinski definition) is 1. The van der Waals surface area contributed by atoms with E-state index < -0.39 is 12.1 Å². The summed E-state index contributed by atoms with van der Waals surface area (Å²) in [4.78, 5) is 2.82. The Kier molecular flexibility index (Phi) is 19.6. The van der Waals surface area contributed by atoms with Gasteiger partial charge in [-0.1, -0.05) is 138 Å². The maximum atomic E-state index is 14.3. The molecule has 4 heteroatoms. The lowest BCUT2D eigenvalue weighted by molar-refractivity contribution is -0.189. The minimum Gasteiger partial charge on any atom is -0.294 e. The van der Waals surface area contributed by atoms with Gasteiger partial charge in [0.05, 0.1) is 5.92 Å². The third-order valence-electron chi connectivity index (χ3n) is 15.7. The van der Waals surface area contributed by atoms with E-state index in [0.717, 1.165) is 49.4 Å². The van der Waals surface area contributed by atoms with Crippen molar-refractivity contribution in [1.29, 1.82) is 0 Å². The van der Waals surface area contributed by atoms with E-state index in [9.17, 15) is 13.2 Å². The summed E-state index contributed by atoms with van der Waals surface area (Å²) in [6.45, 7) is 18.8. The van der Waals surface area contributed by atoms with Crippen LogP contribution in [-0.2, 0) is 0 Å². The first-order chi connectivity index (χ1) is 25.4. The van der Waals surface area contributed by atoms with Crippen molar-refractivity contribution < 1.29 is 13.2 Å². The Balaban J connectivity index is 1.55. The van der Waals surface area contributed by atoms with Gasteiger partial charge in [-0.05, 0) is 137 Å². The Morgan fingerprint density at radius 3 is 1.89 bits per heavy atom. The summed E-state index contributed by atoms with van der Waals surface area (Å²) in [5.74, 6) is 5.51. The van der Waals surface area contributed by atoms with Crippen LogP contribution in [0, 0.1) is 59.2 Å². The fourth-order valence-corrected chi connectivity index (χ4v) is 12.6. The Bertz CT molecular complexity index is 969. The van der Waals surface area contributed by atoms with E-state index in [1.807, 2.05) is 0 Å². The fourth-order valence-electron chi connectivity index (χ4n) is 12.6. The van der Waals surface area contributed by atoms with Gasteiger partial charge in [0.25, 0.3) is 0 Å². The molecule has 0 radical (unpaired) electrons. The molecule has 7 atom stereocenters. The first-order valence-corrected chi connectivity index (χ1v) is 23.9. The van der Waals surface area contributed by atoms with Gasteiger partial charge in [0.1, 0.15) is 0 Å². The highest BCUT2D eigenvalue weighted by Crippen LogP contribution is 2.46. The van der Waals surface area contributed by atoms with Crippen molar-refractivity contribution in [2.75, 3.05) is 0 Å². The van der Waals surface area contributed by atoms with Crippen LogP contribution in [0.25, 0.3) is 0 Å². The summed E-state index contributed by atoms with van der Waals surface area (Å²) >= 11 is 0. The van der Waals surface area contributed by atoms with Gasteiger partial charge in [-0.25, -0.2) is 0 Å². The second-order valence-electron chi connectivity index (χ2n) is 20.4. The van der Waals surface area contributed by atoms with Gasteiger partial charge < -0.3 is 0 Å². The van der Waals surface area contributed by atoms with E-state index in [1.54, 1.807) is 0 Å². The molecule has 310 valence electrons. The number of allylic oxidation sites excluding steroid dienone is 1. The molecule has 0 heterocycles. The first-order valence-electron chi connectivity index (χ1n) is 23.9. The zero-order valence-electron chi connectivity index (χ0n) is 36.0. The van der Waals surface area contributed by atoms with E-state index in [-0.39, 0.29) is 6.04 Å². The third kappa shape index (κ3) is 14.4. The molecule has 0 N–H and O–H groups in total. The molecule has 0 aromatic carbocycles. The second-order valence-corrected chi connectivity index (χ2v) is 20.4. The van der Waals surface area contributed by atoms with Crippen LogP contribution in [0.1, 0.15) is 215 Å². The van der Waals surface area contributed by atoms with Crippen molar-refractivity contribution in [3.8, 4) is 0 Å². The minimum absolute atomic E-state index is 0.0879. The van der Waals surface area contributed by atoms with Crippen LogP contribution in [0.15, 0.2) is 12.7 Å². The molecule has 0 saturated heterocycles. The Hall–Kier alpha value is -0.510. The fraction of sp³-hybridized carbons (Fsp3) is 0.959. The third-order valence-corrected chi connectivity index (χ3v) is 15.7. The van der Waals surface area contributed by atoms with E-state index in [2.05, 4.69) is 59.1 Å². The van der Waals surface area contributed by atoms with Crippen LogP contribution in [0.3, 0.4) is 0 Å². The quantitative estimate of drug-likeness (QED) is 0.0997. The van der Waals surface area contributed by atoms with Crippen molar-refractivity contribution in [2.45, 2.75) is 239 Å². The van der Waals surface area contributed by atoms with Gasteiger partial charge in [-0.2, -0.15) is 13.2 Å². The van der Waals surface area contributed by atoms with Crippen molar-refractivity contribution in [3.63, 3.8) is 0 Å². The van der Waals surface area contributed by atoms with E-state index in [0.29, 0.717) is 54.5 Å². The van der Waals surface area contributed by atoms with Crippen molar-refractivity contribution in [3.05, 3.63) is 12.7 Å². The van der Waals surface area contributed by atoms with Gasteiger partial charge in [0.15, 0.2) is 0 Å². The Labute approximate surface area is 328 Å². The molecule has 0 spiro atoms. The van der Waals surface area contributed by atoms with Gasteiger partial charge in [-0.3, -0.25) is 4.90 Å². The van der Waals surface area contributed by atoms with Crippen LogP contribution in [0.4, 0.5) is 13.2 Å². The Morgan fingerprint density at radius 2 is 1.28 bits per heavy atom. The number of halogens is 3. The largest absolute Gasteiger partial charge is 0.391 e. The van der Waals surface area contributed by atoms with Crippen LogP contribution < -0.4 is 0 Å². The van der Waals surface area contributed by atoms with Crippen molar-refractivity contribution >= 4 is 0 Å². The molecular weight excluding hydrogens is 660 g/mol. The van der Waals surface area contributed by atoms with Crippen LogP contribution in [-0.4, -0.2) is 29.2 Å². The van der Waals surface area contributed by atoms with Crippen LogP contribution >= 0.6 is 0 Å². The molecular formula is C49H88F3N. The number of alkyl halides is 3. The van der Waals surface area contributed by atoms with Crippen LogP contribution in [0.2, 0.25) is 0 Å². The van der Waals surface area contributed by atoms with Gasteiger partial charge >= 0.3 is 6.18 Å². The Morgan fingerprint density at radius 1 is 0.642 bits per heavy atom. The highest BCUT2D eigenvalue weighted by atomic mass is 19.4. The first kappa shape index (κ1) is 45.2. The zero-order valence-corrected chi connectivity index (χ0v) is 36.0. The summed E-state index contributed by atoms with van der Waals surface area (Å²) in [5, 5.41) is 0. The lowest BCUT2D eigenvalue weighted by Crippen LogP contribution is -2.53. The predicted molar refractivity (Wildman–Crippen MR) is 223 cm³/mol. The normalized spacial score (nSPS) is 28.4. The summed E-state index contributed by atoms with van der Waals surface area (Å²) in [6, 6.07) is 0.956. The molecule has 4 rings (SSSR count). The predicted octanol–water partition coefficient (Wildman–Crippen LogP) is 16.0. The van der Waals surface area contributed by atoms with Gasteiger partial charge in [0, 0.05) is 18.1 Å². The average Bonchev–Trinajstić information content (AvgIpc) is 3.67. The summed E-state index contributed by atoms with van der Waals surface area (Å²) in [7, 11) is 0. The van der Waals surface area contributed by atoms with Crippen LogP contribution in [0.5, 0.6) is 0 Å². The molecule has 7 unspecified atom stereocenters. The second kappa shape index (κ2) is 23.0. The summed E-state index contributed by atoms with van der Waals surface area (Å²) in [6.07, 6.45) is 30.9. The SMILES string of the molecule is C=CC(CC(C)C)C(CCCC(CCC(C)C)N(C1CCC(C2CCCCC2)CC1)C1CCCC(C(F)(F)F)C1)C(CCCC1CCCC1)C(C)CC. The molecule has 4 fully saturated rings. The molecule has 4 saturated carbocycles. The highest BCUT2D eigenvalue weighted by molar-refractivity contribution is 4.95. The molecule has 0 aliphatic heterocycles. The maximum absolute atomic E-state index is 14.3. The molecule has 1 nitrogen and oxygen atoms in total. The molecule has 0 aromatic heterocycles. The molecule has 4 aliphatic carbocycles. The molecule has 4 aliphatic rings. The van der Waals surface area contributed by atoms with E-state index in [4.69, 9.17) is 0 Å². The van der Waals surface area contributed by atoms with E-state index >= 15 is 0 Å². The summed E-state index contributed by atoms with van der Waals surface area (Å²) in [5.41, 5.74) is 0. The lowest BCUT2D eigenvalue weighted by atomic mass is 9.68. The van der Waals surface area contributed by atoms with Gasteiger partial charge in [-0.15, -0.1) is 6.58 Å². The molecule has 0 aromatic rings. The number of hydrogen-bond donors (Lipinski definition) is 0. The molecule has 0 amide bonds. The lowest BCUT2D eigenvalue weighted by Gasteiger charge is -2.49. The van der Waals surface area contributed by atoms with Crippen molar-refractivity contribution in [2.24, 2.45) is 59.2 Å². The zero-order chi connectivity index (χ0) is 38.4. The number of rotatable bonds is 22. The molecule has 53 heavy (non-hydrogen) atoms. The number of nitrogens with zero attached hydrogens (tertiary/aromatic N) is 1. The van der Waals surface area contributed by atoms with E-state index in [1.165, 1.54) is 135 Å².